The fraction of sp³-hybridized carbons (Fsp3) is 0.500. The molecule has 0 aliphatic carbocycles. The Morgan fingerprint density at radius 2 is 2.31 bits per heavy atom. The van der Waals surface area contributed by atoms with E-state index in [2.05, 4.69) is 10.6 Å². The molecule has 0 spiro atoms. The van der Waals surface area contributed by atoms with Crippen molar-refractivity contribution >= 4 is 17.3 Å². The average Bonchev–Trinajstić information content (AvgIpc) is 2.76. The minimum Gasteiger partial charge on any atom is -0.495 e. The molecule has 1 atom stereocenters. The Kier molecular flexibility index (Phi) is 3.56. The van der Waals surface area contributed by atoms with E-state index in [4.69, 9.17) is 16.3 Å². The average molecular weight is 241 g/mol. The van der Waals surface area contributed by atoms with Crippen molar-refractivity contribution in [3.05, 3.63) is 22.7 Å². The molecule has 0 amide bonds. The summed E-state index contributed by atoms with van der Waals surface area (Å²) in [6.07, 6.45) is 1.13. The third-order valence-corrected chi connectivity index (χ3v) is 3.31. The van der Waals surface area contributed by atoms with Crippen LogP contribution in [-0.4, -0.2) is 26.2 Å². The molecule has 0 bridgehead atoms. The summed E-state index contributed by atoms with van der Waals surface area (Å²) in [5.41, 5.74) is 2.01. The smallest absolute Gasteiger partial charge is 0.142 e. The molecule has 0 radical (unpaired) electrons. The Labute approximate surface area is 101 Å². The monoisotopic (exact) mass is 240 g/mol. The highest BCUT2D eigenvalue weighted by Crippen LogP contribution is 2.31. The summed E-state index contributed by atoms with van der Waals surface area (Å²) < 4.78 is 5.35. The normalized spacial score (nSPS) is 19.8. The summed E-state index contributed by atoms with van der Waals surface area (Å²) in [5, 5.41) is 7.55. The van der Waals surface area contributed by atoms with Crippen LogP contribution in [0.1, 0.15) is 12.0 Å². The molecule has 1 aliphatic heterocycles. The van der Waals surface area contributed by atoms with Crippen molar-refractivity contribution in [2.75, 3.05) is 25.5 Å². The van der Waals surface area contributed by atoms with Gasteiger partial charge in [0.15, 0.2) is 0 Å². The molecule has 2 rings (SSSR count). The second kappa shape index (κ2) is 4.93. The summed E-state index contributed by atoms with van der Waals surface area (Å²) in [7, 11) is 1.68. The van der Waals surface area contributed by atoms with Crippen molar-refractivity contribution in [2.45, 2.75) is 19.4 Å². The minimum atomic E-state index is 0.465. The Morgan fingerprint density at radius 1 is 1.50 bits per heavy atom. The van der Waals surface area contributed by atoms with E-state index in [0.29, 0.717) is 6.04 Å². The first-order chi connectivity index (χ1) is 7.70. The molecular formula is C12H17ClN2O. The van der Waals surface area contributed by atoms with Gasteiger partial charge in [-0.25, -0.2) is 0 Å². The Hall–Kier alpha value is -0.930. The lowest BCUT2D eigenvalue weighted by molar-refractivity contribution is 0.415. The van der Waals surface area contributed by atoms with Crippen LogP contribution >= 0.6 is 11.6 Å². The summed E-state index contributed by atoms with van der Waals surface area (Å²) in [6.45, 7) is 4.04. The van der Waals surface area contributed by atoms with E-state index in [1.807, 2.05) is 19.1 Å². The van der Waals surface area contributed by atoms with Gasteiger partial charge in [0.1, 0.15) is 5.75 Å². The molecule has 1 saturated heterocycles. The maximum absolute atomic E-state index is 6.12. The summed E-state index contributed by atoms with van der Waals surface area (Å²) in [5.74, 6) is 0.855. The second-order valence-electron chi connectivity index (χ2n) is 4.14. The van der Waals surface area contributed by atoms with E-state index in [1.54, 1.807) is 7.11 Å². The number of rotatable bonds is 3. The SMILES string of the molecule is COc1cc(C)c(Cl)cc1NC1CCNC1. The number of halogens is 1. The molecular weight excluding hydrogens is 224 g/mol. The fourth-order valence-electron chi connectivity index (χ4n) is 1.93. The van der Waals surface area contributed by atoms with Gasteiger partial charge >= 0.3 is 0 Å². The lowest BCUT2D eigenvalue weighted by Gasteiger charge is -2.17. The van der Waals surface area contributed by atoms with Crippen LogP contribution in [0.2, 0.25) is 5.02 Å². The summed E-state index contributed by atoms with van der Waals surface area (Å²) in [6, 6.07) is 4.37. The van der Waals surface area contributed by atoms with Crippen LogP contribution < -0.4 is 15.4 Å². The van der Waals surface area contributed by atoms with Gasteiger partial charge in [-0.05, 0) is 37.6 Å². The van der Waals surface area contributed by atoms with Gasteiger partial charge in [0.05, 0.1) is 12.8 Å². The maximum Gasteiger partial charge on any atom is 0.142 e. The van der Waals surface area contributed by atoms with Gasteiger partial charge in [0, 0.05) is 17.6 Å². The number of aryl methyl sites for hydroxylation is 1. The highest BCUT2D eigenvalue weighted by Gasteiger charge is 2.16. The number of anilines is 1. The van der Waals surface area contributed by atoms with Gasteiger partial charge in [-0.1, -0.05) is 11.6 Å². The van der Waals surface area contributed by atoms with Crippen LogP contribution in [0, 0.1) is 6.92 Å². The van der Waals surface area contributed by atoms with E-state index < -0.39 is 0 Å². The van der Waals surface area contributed by atoms with Gasteiger partial charge in [-0.3, -0.25) is 0 Å². The number of hydrogen-bond donors (Lipinski definition) is 2. The van der Waals surface area contributed by atoms with Crippen molar-refractivity contribution in [1.29, 1.82) is 0 Å². The first-order valence-electron chi connectivity index (χ1n) is 5.52. The number of methoxy groups -OCH3 is 1. The van der Waals surface area contributed by atoms with Crippen molar-refractivity contribution in [2.24, 2.45) is 0 Å². The molecule has 3 nitrogen and oxygen atoms in total. The van der Waals surface area contributed by atoms with Gasteiger partial charge in [0.2, 0.25) is 0 Å². The second-order valence-corrected chi connectivity index (χ2v) is 4.54. The molecule has 1 aromatic carbocycles. The van der Waals surface area contributed by atoms with Crippen molar-refractivity contribution in [3.63, 3.8) is 0 Å². The third kappa shape index (κ3) is 2.42. The van der Waals surface area contributed by atoms with Crippen LogP contribution in [-0.2, 0) is 0 Å². The highest BCUT2D eigenvalue weighted by atomic mass is 35.5. The number of ether oxygens (including phenoxy) is 1. The number of benzene rings is 1. The van der Waals surface area contributed by atoms with Gasteiger partial charge < -0.3 is 15.4 Å². The first kappa shape index (κ1) is 11.6. The summed E-state index contributed by atoms with van der Waals surface area (Å²) >= 11 is 6.12. The third-order valence-electron chi connectivity index (χ3n) is 2.90. The maximum atomic E-state index is 6.12. The Balaban J connectivity index is 2.20. The zero-order chi connectivity index (χ0) is 11.5. The molecule has 1 fully saturated rings. The molecule has 1 aliphatic rings. The first-order valence-corrected chi connectivity index (χ1v) is 5.90. The Morgan fingerprint density at radius 3 is 2.94 bits per heavy atom. The fourth-order valence-corrected chi connectivity index (χ4v) is 2.10. The largest absolute Gasteiger partial charge is 0.495 e. The van der Waals surface area contributed by atoms with E-state index in [-0.39, 0.29) is 0 Å². The number of hydrogen-bond acceptors (Lipinski definition) is 3. The van der Waals surface area contributed by atoms with E-state index >= 15 is 0 Å². The summed E-state index contributed by atoms with van der Waals surface area (Å²) in [4.78, 5) is 0. The molecule has 1 unspecified atom stereocenters. The van der Waals surface area contributed by atoms with Crippen molar-refractivity contribution < 1.29 is 4.74 Å². The highest BCUT2D eigenvalue weighted by molar-refractivity contribution is 6.31. The van der Waals surface area contributed by atoms with Crippen LogP contribution in [0.3, 0.4) is 0 Å². The Bertz CT molecular complexity index is 376. The zero-order valence-corrected chi connectivity index (χ0v) is 10.4. The molecule has 1 aromatic rings. The molecule has 1 heterocycles. The van der Waals surface area contributed by atoms with Crippen LogP contribution in [0.4, 0.5) is 5.69 Å². The molecule has 88 valence electrons. The van der Waals surface area contributed by atoms with Crippen LogP contribution in [0.15, 0.2) is 12.1 Å². The molecule has 16 heavy (non-hydrogen) atoms. The molecule has 0 saturated carbocycles. The topological polar surface area (TPSA) is 33.3 Å². The molecule has 2 N–H and O–H groups in total. The number of nitrogens with one attached hydrogen (secondary N) is 2. The van der Waals surface area contributed by atoms with Crippen molar-refractivity contribution in [3.8, 4) is 5.75 Å². The van der Waals surface area contributed by atoms with Crippen LogP contribution in [0.5, 0.6) is 5.75 Å². The van der Waals surface area contributed by atoms with E-state index in [9.17, 15) is 0 Å². The minimum absolute atomic E-state index is 0.465. The predicted octanol–water partition coefficient (Wildman–Crippen LogP) is 2.43. The molecule has 4 heteroatoms. The predicted molar refractivity (Wildman–Crippen MR) is 67.6 cm³/mol. The van der Waals surface area contributed by atoms with E-state index in [0.717, 1.165) is 41.5 Å². The van der Waals surface area contributed by atoms with Gasteiger partial charge in [-0.2, -0.15) is 0 Å². The lowest BCUT2D eigenvalue weighted by Crippen LogP contribution is -2.22. The standard InChI is InChI=1S/C12H17ClN2O/c1-8-5-12(16-2)11(6-10(8)13)15-9-3-4-14-7-9/h5-6,9,14-15H,3-4,7H2,1-2H3. The van der Waals surface area contributed by atoms with Crippen molar-refractivity contribution in [1.82, 2.24) is 5.32 Å². The van der Waals surface area contributed by atoms with Gasteiger partial charge in [0.25, 0.3) is 0 Å². The zero-order valence-electron chi connectivity index (χ0n) is 9.64. The van der Waals surface area contributed by atoms with Crippen LogP contribution in [0.25, 0.3) is 0 Å². The van der Waals surface area contributed by atoms with E-state index in [1.165, 1.54) is 0 Å². The lowest BCUT2D eigenvalue weighted by atomic mass is 10.2. The van der Waals surface area contributed by atoms with Gasteiger partial charge in [-0.15, -0.1) is 0 Å². The molecule has 0 aromatic heterocycles. The quantitative estimate of drug-likeness (QED) is 0.852.